The number of amides is 2. The maximum atomic E-state index is 14.3. The van der Waals surface area contributed by atoms with Crippen LogP contribution in [0.25, 0.3) is 11.3 Å². The fourth-order valence-electron chi connectivity index (χ4n) is 6.55. The van der Waals surface area contributed by atoms with Crippen molar-refractivity contribution < 1.29 is 32.2 Å². The third-order valence-electron chi connectivity index (χ3n) is 10.1. The van der Waals surface area contributed by atoms with E-state index in [9.17, 15) is 22.8 Å². The second kappa shape index (κ2) is 11.9. The van der Waals surface area contributed by atoms with Crippen molar-refractivity contribution in [3.8, 4) is 22.8 Å². The van der Waals surface area contributed by atoms with Crippen LogP contribution in [0.4, 0.5) is 18.9 Å². The standard InChI is InChI=1S/C35H36ClF3N6O4/c1-33(32(41)47)16-49-30-23(33)11-24(45-29(30)21-5-8-42-28(26(21)36)17-3-4-17)22(20-12-34(37,38)13-20)15-43-31(46)18-9-19(14-44-35(39)6-7-35)27(40)25(10-18)48-2/h5,8-11,14,17,20,22H,3-4,6-7,12-13,15-16,40H2,1-2H3,(H2,41,47)(H,43,46)/b44-14+/t22-,33-/m0/s1. The smallest absolute Gasteiger partial charge is 0.251 e. The normalized spacial score (nSPS) is 22.6. The Labute approximate surface area is 285 Å². The molecule has 5 N–H and O–H groups in total. The number of alkyl halides is 3. The van der Waals surface area contributed by atoms with Crippen LogP contribution in [0.1, 0.15) is 90.2 Å². The minimum atomic E-state index is -2.86. The zero-order valence-corrected chi connectivity index (χ0v) is 27.8. The molecule has 4 aliphatic rings. The van der Waals surface area contributed by atoms with Crippen LogP contribution in [0.3, 0.4) is 0 Å². The Balaban J connectivity index is 1.26. The van der Waals surface area contributed by atoms with Crippen molar-refractivity contribution in [2.75, 3.05) is 26.0 Å². The maximum absolute atomic E-state index is 14.3. The molecule has 7 rings (SSSR count). The summed E-state index contributed by atoms with van der Waals surface area (Å²) in [7, 11) is 1.39. The Morgan fingerprint density at radius 3 is 2.59 bits per heavy atom. The van der Waals surface area contributed by atoms with Gasteiger partial charge in [-0.1, -0.05) is 11.6 Å². The number of aromatic nitrogens is 2. The Bertz CT molecular complexity index is 1890. The number of ether oxygens (including phenoxy) is 2. The van der Waals surface area contributed by atoms with Gasteiger partial charge in [0.25, 0.3) is 5.91 Å². The molecule has 1 aromatic carbocycles. The second-order valence-electron chi connectivity index (χ2n) is 13.8. The first kappa shape index (κ1) is 33.1. The van der Waals surface area contributed by atoms with E-state index in [-0.39, 0.29) is 36.1 Å². The summed E-state index contributed by atoms with van der Waals surface area (Å²) in [5, 5.41) is 3.28. The summed E-state index contributed by atoms with van der Waals surface area (Å²) in [6.07, 6.45) is 4.64. The molecule has 14 heteroatoms. The number of aliphatic imine (C=N–C) groups is 1. The average molecular weight is 697 g/mol. The third-order valence-corrected chi connectivity index (χ3v) is 10.5. The highest BCUT2D eigenvalue weighted by Gasteiger charge is 2.50. The van der Waals surface area contributed by atoms with Crippen molar-refractivity contribution in [1.82, 2.24) is 15.3 Å². The molecule has 0 bridgehead atoms. The third kappa shape index (κ3) is 6.17. The van der Waals surface area contributed by atoms with Gasteiger partial charge in [0.05, 0.1) is 23.5 Å². The fraction of sp³-hybridized carbons (Fsp3) is 0.457. The van der Waals surface area contributed by atoms with Crippen molar-refractivity contribution in [3.05, 3.63) is 63.6 Å². The number of anilines is 1. The first-order valence-corrected chi connectivity index (χ1v) is 16.6. The van der Waals surface area contributed by atoms with E-state index in [1.54, 1.807) is 25.3 Å². The van der Waals surface area contributed by atoms with Gasteiger partial charge in [-0.2, -0.15) is 0 Å². The van der Waals surface area contributed by atoms with Crippen molar-refractivity contribution in [3.63, 3.8) is 0 Å². The number of methoxy groups -OCH3 is 1. The van der Waals surface area contributed by atoms with Crippen LogP contribution in [0, 0.1) is 5.92 Å². The number of hydrogen-bond acceptors (Lipinski definition) is 8. The number of carbonyl (C=O) groups is 2. The Hall–Kier alpha value is -4.39. The molecule has 3 fully saturated rings. The summed E-state index contributed by atoms with van der Waals surface area (Å²) in [5.41, 5.74) is 14.0. The molecule has 0 radical (unpaired) electrons. The highest BCUT2D eigenvalue weighted by atomic mass is 35.5. The second-order valence-corrected chi connectivity index (χ2v) is 14.2. The molecule has 258 valence electrons. The van der Waals surface area contributed by atoms with Crippen molar-refractivity contribution in [1.29, 1.82) is 0 Å². The van der Waals surface area contributed by atoms with Gasteiger partial charge in [0.1, 0.15) is 29.2 Å². The van der Waals surface area contributed by atoms with E-state index in [0.717, 1.165) is 18.5 Å². The predicted octanol–water partition coefficient (Wildman–Crippen LogP) is 5.84. The maximum Gasteiger partial charge on any atom is 0.251 e. The topological polar surface area (TPSA) is 155 Å². The molecule has 0 spiro atoms. The monoisotopic (exact) mass is 696 g/mol. The van der Waals surface area contributed by atoms with Crippen LogP contribution < -0.4 is 26.3 Å². The van der Waals surface area contributed by atoms with Gasteiger partial charge in [-0.05, 0) is 49.9 Å². The summed E-state index contributed by atoms with van der Waals surface area (Å²) in [6.45, 7) is 1.56. The quantitative estimate of drug-likeness (QED) is 0.129. The number of fused-ring (bicyclic) bond motifs is 1. The molecular weight excluding hydrogens is 661 g/mol. The molecule has 3 heterocycles. The molecule has 49 heavy (non-hydrogen) atoms. The Morgan fingerprint density at radius 1 is 1.22 bits per heavy atom. The van der Waals surface area contributed by atoms with E-state index in [4.69, 9.17) is 37.5 Å². The molecule has 2 amide bonds. The van der Waals surface area contributed by atoms with Crippen LogP contribution in [0.15, 0.2) is 35.5 Å². The molecule has 0 unspecified atom stereocenters. The minimum Gasteiger partial charge on any atom is -0.495 e. The lowest BCUT2D eigenvalue weighted by atomic mass is 9.71. The van der Waals surface area contributed by atoms with Crippen LogP contribution in [0.2, 0.25) is 5.02 Å². The molecule has 3 aromatic rings. The number of carbonyl (C=O) groups excluding carboxylic acids is 2. The first-order chi connectivity index (χ1) is 23.2. The van der Waals surface area contributed by atoms with Crippen molar-refractivity contribution in [2.24, 2.45) is 16.6 Å². The van der Waals surface area contributed by atoms with Crippen molar-refractivity contribution >= 4 is 35.3 Å². The molecule has 3 saturated carbocycles. The number of primary amides is 1. The van der Waals surface area contributed by atoms with Gasteiger partial charge in [0.15, 0.2) is 5.79 Å². The van der Waals surface area contributed by atoms with E-state index in [2.05, 4.69) is 15.3 Å². The summed E-state index contributed by atoms with van der Waals surface area (Å²) >= 11 is 6.90. The molecule has 1 aliphatic heterocycles. The average Bonchev–Trinajstić information content (AvgIpc) is 3.99. The summed E-state index contributed by atoms with van der Waals surface area (Å²) in [5.74, 6) is -6.12. The van der Waals surface area contributed by atoms with Crippen LogP contribution in [0.5, 0.6) is 11.5 Å². The van der Waals surface area contributed by atoms with Gasteiger partial charge < -0.3 is 26.3 Å². The summed E-state index contributed by atoms with van der Waals surface area (Å²) in [6, 6.07) is 6.30. The lowest BCUT2D eigenvalue weighted by Gasteiger charge is -2.40. The lowest BCUT2D eigenvalue weighted by molar-refractivity contribution is -0.123. The number of nitrogens with one attached hydrogen (secondary N) is 1. The first-order valence-electron chi connectivity index (χ1n) is 16.2. The van der Waals surface area contributed by atoms with E-state index in [0.29, 0.717) is 51.7 Å². The Morgan fingerprint density at radius 2 is 1.96 bits per heavy atom. The van der Waals surface area contributed by atoms with Gasteiger partial charge in [-0.3, -0.25) is 19.6 Å². The van der Waals surface area contributed by atoms with Gasteiger partial charge >= 0.3 is 0 Å². The minimum absolute atomic E-state index is 0.0367. The van der Waals surface area contributed by atoms with Crippen LogP contribution in [-0.2, 0) is 10.2 Å². The molecular formula is C35H36ClF3N6O4. The predicted molar refractivity (Wildman–Crippen MR) is 177 cm³/mol. The van der Waals surface area contributed by atoms with Crippen molar-refractivity contribution in [2.45, 2.75) is 74.4 Å². The number of hydrogen-bond donors (Lipinski definition) is 3. The van der Waals surface area contributed by atoms with E-state index >= 15 is 0 Å². The van der Waals surface area contributed by atoms with E-state index in [1.807, 2.05) is 0 Å². The van der Waals surface area contributed by atoms with Crippen LogP contribution >= 0.6 is 11.6 Å². The zero-order chi connectivity index (χ0) is 34.9. The number of rotatable bonds is 11. The van der Waals surface area contributed by atoms with Gasteiger partial charge in [0.2, 0.25) is 11.8 Å². The summed E-state index contributed by atoms with van der Waals surface area (Å²) < 4.78 is 54.4. The van der Waals surface area contributed by atoms with Gasteiger partial charge in [-0.15, -0.1) is 0 Å². The number of nitrogen functional groups attached to an aromatic ring is 1. The van der Waals surface area contributed by atoms with Crippen LogP contribution in [-0.4, -0.2) is 60.0 Å². The molecule has 2 aromatic heterocycles. The fourth-order valence-corrected chi connectivity index (χ4v) is 6.90. The SMILES string of the molecule is COc1cc(C(=O)NC[C@H](c2cc3c(c(-c4ccnc(C5CC5)c4Cl)n2)OC[C@]3(C)C(N)=O)C2CC(F)(F)C2)cc(/C=N/C2(F)CC2)c1N. The molecule has 10 nitrogen and oxygen atoms in total. The lowest BCUT2D eigenvalue weighted by Crippen LogP contribution is -2.43. The van der Waals surface area contributed by atoms with E-state index < -0.39 is 53.6 Å². The zero-order valence-electron chi connectivity index (χ0n) is 27.0. The Kier molecular flexibility index (Phi) is 8.04. The highest BCUT2D eigenvalue weighted by molar-refractivity contribution is 6.34. The highest BCUT2D eigenvalue weighted by Crippen LogP contribution is 2.52. The number of benzene rings is 1. The number of pyridine rings is 2. The molecule has 3 aliphatic carbocycles. The van der Waals surface area contributed by atoms with E-state index in [1.165, 1.54) is 25.5 Å². The number of nitrogens with two attached hydrogens (primary N) is 2. The van der Waals surface area contributed by atoms with Gasteiger partial charge in [0, 0.05) is 84.4 Å². The number of nitrogens with zero attached hydrogens (tertiary/aromatic N) is 3. The molecule has 0 saturated heterocycles. The van der Waals surface area contributed by atoms with Gasteiger partial charge in [-0.25, -0.2) is 18.2 Å². The molecule has 2 atom stereocenters. The number of halogens is 4. The largest absolute Gasteiger partial charge is 0.495 e. The summed E-state index contributed by atoms with van der Waals surface area (Å²) in [4.78, 5) is 39.8.